The molecule has 1 saturated heterocycles. The van der Waals surface area contributed by atoms with Crippen molar-refractivity contribution in [1.29, 1.82) is 0 Å². The first-order valence-electron chi connectivity index (χ1n) is 6.80. The van der Waals surface area contributed by atoms with Gasteiger partial charge in [-0.1, -0.05) is 18.2 Å². The van der Waals surface area contributed by atoms with E-state index in [0.29, 0.717) is 5.56 Å². The third-order valence-corrected chi connectivity index (χ3v) is 3.98. The molecule has 0 saturated carbocycles. The molecule has 3 rings (SSSR count). The van der Waals surface area contributed by atoms with E-state index in [1.807, 2.05) is 18.2 Å². The van der Waals surface area contributed by atoms with Gasteiger partial charge in [-0.25, -0.2) is 9.59 Å². The van der Waals surface area contributed by atoms with Gasteiger partial charge in [0.1, 0.15) is 6.10 Å². The molecule has 1 aliphatic carbocycles. The molecular formula is C16H16O4. The molecule has 0 unspecified atom stereocenters. The van der Waals surface area contributed by atoms with Gasteiger partial charge in [0.05, 0.1) is 12.7 Å². The maximum absolute atomic E-state index is 11.8. The van der Waals surface area contributed by atoms with Gasteiger partial charge in [-0.3, -0.25) is 0 Å². The lowest BCUT2D eigenvalue weighted by Gasteiger charge is -2.20. The van der Waals surface area contributed by atoms with Gasteiger partial charge in [0.15, 0.2) is 0 Å². The van der Waals surface area contributed by atoms with E-state index in [-0.39, 0.29) is 24.0 Å². The number of carbonyl (C=O) groups excluding carboxylic acids is 2. The monoisotopic (exact) mass is 272 g/mol. The number of esters is 2. The second-order valence-corrected chi connectivity index (χ2v) is 5.14. The van der Waals surface area contributed by atoms with Crippen molar-refractivity contribution in [3.8, 4) is 0 Å². The van der Waals surface area contributed by atoms with Gasteiger partial charge in [-0.2, -0.15) is 0 Å². The number of rotatable bonds is 2. The van der Waals surface area contributed by atoms with E-state index in [4.69, 9.17) is 4.74 Å². The van der Waals surface area contributed by atoms with E-state index >= 15 is 0 Å². The number of cyclic esters (lactones) is 1. The molecule has 1 heterocycles. The Morgan fingerprint density at radius 1 is 1.30 bits per heavy atom. The van der Waals surface area contributed by atoms with Crippen LogP contribution in [0.2, 0.25) is 0 Å². The standard InChI is InChI=1S/C16H16O4/c1-19-15(17)11-8-6-10(7-9-11)14-12-4-2-3-5-13(12)16(18)20-14/h5-9,12,14H,2-4H2,1H3/t12-,14-/m1/s1. The molecule has 0 bridgehead atoms. The summed E-state index contributed by atoms with van der Waals surface area (Å²) in [4.78, 5) is 23.3. The normalized spacial score (nSPS) is 24.6. The smallest absolute Gasteiger partial charge is 0.337 e. The summed E-state index contributed by atoms with van der Waals surface area (Å²) >= 11 is 0. The number of hydrogen-bond donors (Lipinski definition) is 0. The summed E-state index contributed by atoms with van der Waals surface area (Å²) in [5, 5.41) is 0. The van der Waals surface area contributed by atoms with E-state index in [1.54, 1.807) is 12.1 Å². The number of benzene rings is 1. The Bertz CT molecular complexity index is 571. The van der Waals surface area contributed by atoms with Gasteiger partial charge < -0.3 is 9.47 Å². The summed E-state index contributed by atoms with van der Waals surface area (Å²) < 4.78 is 10.2. The van der Waals surface area contributed by atoms with Crippen LogP contribution >= 0.6 is 0 Å². The molecule has 4 nitrogen and oxygen atoms in total. The summed E-state index contributed by atoms with van der Waals surface area (Å²) in [7, 11) is 1.36. The quantitative estimate of drug-likeness (QED) is 0.777. The number of hydrogen-bond acceptors (Lipinski definition) is 4. The first-order chi connectivity index (χ1) is 9.70. The van der Waals surface area contributed by atoms with Crippen LogP contribution in [0.15, 0.2) is 35.9 Å². The van der Waals surface area contributed by atoms with Crippen LogP contribution in [0, 0.1) is 5.92 Å². The van der Waals surface area contributed by atoms with Crippen LogP contribution < -0.4 is 0 Å². The fourth-order valence-corrected chi connectivity index (χ4v) is 2.94. The SMILES string of the molecule is COC(=O)c1ccc([C@H]2OC(=O)C3=CCCC[C@H]32)cc1. The fourth-order valence-electron chi connectivity index (χ4n) is 2.94. The van der Waals surface area contributed by atoms with Gasteiger partial charge in [0, 0.05) is 11.5 Å². The maximum Gasteiger partial charge on any atom is 0.337 e. The van der Waals surface area contributed by atoms with E-state index in [9.17, 15) is 9.59 Å². The lowest BCUT2D eigenvalue weighted by Crippen LogP contribution is -2.12. The highest BCUT2D eigenvalue weighted by atomic mass is 16.6. The minimum atomic E-state index is -0.363. The minimum absolute atomic E-state index is 0.153. The van der Waals surface area contributed by atoms with Crippen LogP contribution in [0.1, 0.15) is 41.3 Å². The summed E-state index contributed by atoms with van der Waals surface area (Å²) in [6.45, 7) is 0. The number of fused-ring (bicyclic) bond motifs is 1. The molecule has 0 amide bonds. The number of carbonyl (C=O) groups is 2. The molecule has 1 aliphatic heterocycles. The second kappa shape index (κ2) is 5.12. The lowest BCUT2D eigenvalue weighted by molar-refractivity contribution is -0.139. The van der Waals surface area contributed by atoms with E-state index < -0.39 is 0 Å². The largest absolute Gasteiger partial charge is 0.465 e. The average Bonchev–Trinajstić information content (AvgIpc) is 2.84. The number of ether oxygens (including phenoxy) is 2. The van der Waals surface area contributed by atoms with Crippen molar-refractivity contribution in [3.63, 3.8) is 0 Å². The highest BCUT2D eigenvalue weighted by molar-refractivity contribution is 5.92. The van der Waals surface area contributed by atoms with Gasteiger partial charge >= 0.3 is 11.9 Å². The Kier molecular flexibility index (Phi) is 3.30. The van der Waals surface area contributed by atoms with E-state index in [2.05, 4.69) is 4.74 Å². The average molecular weight is 272 g/mol. The molecule has 0 N–H and O–H groups in total. The predicted molar refractivity (Wildman–Crippen MR) is 72.0 cm³/mol. The van der Waals surface area contributed by atoms with E-state index in [0.717, 1.165) is 30.4 Å². The Balaban J connectivity index is 1.86. The lowest BCUT2D eigenvalue weighted by atomic mass is 9.83. The molecule has 0 radical (unpaired) electrons. The Morgan fingerprint density at radius 3 is 2.75 bits per heavy atom. The first-order valence-corrected chi connectivity index (χ1v) is 6.80. The third-order valence-electron chi connectivity index (χ3n) is 3.98. The molecule has 104 valence electrons. The van der Waals surface area contributed by atoms with Crippen LogP contribution in [0.5, 0.6) is 0 Å². The van der Waals surface area contributed by atoms with Gasteiger partial charge in [-0.05, 0) is 37.0 Å². The van der Waals surface area contributed by atoms with E-state index in [1.165, 1.54) is 7.11 Å². The zero-order chi connectivity index (χ0) is 14.1. The maximum atomic E-state index is 11.8. The highest BCUT2D eigenvalue weighted by Gasteiger charge is 2.41. The topological polar surface area (TPSA) is 52.6 Å². The van der Waals surface area contributed by atoms with Gasteiger partial charge in [0.25, 0.3) is 0 Å². The Hall–Kier alpha value is -2.10. The van der Waals surface area contributed by atoms with Gasteiger partial charge in [-0.15, -0.1) is 0 Å². The molecule has 2 atom stereocenters. The molecule has 1 aromatic carbocycles. The fraction of sp³-hybridized carbons (Fsp3) is 0.375. The summed E-state index contributed by atoms with van der Waals surface area (Å²) in [5.41, 5.74) is 2.25. The molecular weight excluding hydrogens is 256 g/mol. The highest BCUT2D eigenvalue weighted by Crippen LogP contribution is 2.44. The Labute approximate surface area is 117 Å². The molecule has 1 aromatic rings. The van der Waals surface area contributed by atoms with Crippen LogP contribution in [0.4, 0.5) is 0 Å². The molecule has 1 fully saturated rings. The minimum Gasteiger partial charge on any atom is -0.465 e. The van der Waals surface area contributed by atoms with Gasteiger partial charge in [0.2, 0.25) is 0 Å². The zero-order valence-electron chi connectivity index (χ0n) is 11.3. The first kappa shape index (κ1) is 12.9. The summed E-state index contributed by atoms with van der Waals surface area (Å²) in [6.07, 6.45) is 4.79. The third kappa shape index (κ3) is 2.11. The van der Waals surface area contributed by atoms with Crippen molar-refractivity contribution < 1.29 is 19.1 Å². The number of allylic oxidation sites excluding steroid dienone is 1. The van der Waals surface area contributed by atoms with Crippen molar-refractivity contribution in [2.24, 2.45) is 5.92 Å². The molecule has 0 spiro atoms. The van der Waals surface area contributed by atoms with Crippen LogP contribution in [-0.4, -0.2) is 19.0 Å². The second-order valence-electron chi connectivity index (χ2n) is 5.14. The molecule has 0 aromatic heterocycles. The summed E-state index contributed by atoms with van der Waals surface area (Å²) in [5.74, 6) is -0.407. The van der Waals surface area contributed by atoms with Crippen molar-refractivity contribution in [2.75, 3.05) is 7.11 Å². The van der Waals surface area contributed by atoms with Crippen LogP contribution in [0.25, 0.3) is 0 Å². The molecule has 4 heteroatoms. The zero-order valence-corrected chi connectivity index (χ0v) is 11.3. The predicted octanol–water partition coefficient (Wildman–Crippen LogP) is 2.80. The number of methoxy groups -OCH3 is 1. The van der Waals surface area contributed by atoms with Crippen molar-refractivity contribution in [1.82, 2.24) is 0 Å². The van der Waals surface area contributed by atoms with Crippen LogP contribution in [-0.2, 0) is 14.3 Å². The molecule has 20 heavy (non-hydrogen) atoms. The van der Waals surface area contributed by atoms with Crippen molar-refractivity contribution in [3.05, 3.63) is 47.0 Å². The van der Waals surface area contributed by atoms with Crippen molar-refractivity contribution >= 4 is 11.9 Å². The Morgan fingerprint density at radius 2 is 2.05 bits per heavy atom. The molecule has 2 aliphatic rings. The summed E-state index contributed by atoms with van der Waals surface area (Å²) in [6, 6.07) is 7.09. The van der Waals surface area contributed by atoms with Crippen molar-refractivity contribution in [2.45, 2.75) is 25.4 Å². The van der Waals surface area contributed by atoms with Crippen LogP contribution in [0.3, 0.4) is 0 Å².